The van der Waals surface area contributed by atoms with Gasteiger partial charge in [0.05, 0.1) is 0 Å². The van der Waals surface area contributed by atoms with E-state index in [-0.39, 0.29) is 5.91 Å². The molecule has 0 saturated heterocycles. The van der Waals surface area contributed by atoms with Gasteiger partial charge >= 0.3 is 0 Å². The Kier molecular flexibility index (Phi) is 13.9. The third kappa shape index (κ3) is 12.2. The first-order chi connectivity index (χ1) is 9.74. The second-order valence-corrected chi connectivity index (χ2v) is 5.50. The van der Waals surface area contributed by atoms with Crippen molar-refractivity contribution in [2.75, 3.05) is 0 Å². The zero-order valence-electron chi connectivity index (χ0n) is 13.8. The number of rotatable bonds is 13. The molecule has 0 aliphatic rings. The SMILES string of the molecule is CCCCCCCCCCCC(=O)NN=C(CC)CC. The average molecular weight is 282 g/mol. The Morgan fingerprint density at radius 2 is 1.30 bits per heavy atom. The largest absolute Gasteiger partial charge is 0.273 e. The molecule has 3 nitrogen and oxygen atoms in total. The molecule has 20 heavy (non-hydrogen) atoms. The normalized spacial score (nSPS) is 10.3. The van der Waals surface area contributed by atoms with Crippen molar-refractivity contribution in [3.05, 3.63) is 0 Å². The summed E-state index contributed by atoms with van der Waals surface area (Å²) >= 11 is 0. The Bertz CT molecular complexity index is 256. The number of amides is 1. The van der Waals surface area contributed by atoms with Crippen molar-refractivity contribution >= 4 is 11.6 Å². The van der Waals surface area contributed by atoms with Gasteiger partial charge in [0.1, 0.15) is 0 Å². The zero-order chi connectivity index (χ0) is 15.1. The van der Waals surface area contributed by atoms with Crippen molar-refractivity contribution < 1.29 is 4.79 Å². The van der Waals surface area contributed by atoms with E-state index in [0.29, 0.717) is 6.42 Å². The van der Waals surface area contributed by atoms with E-state index in [4.69, 9.17) is 0 Å². The van der Waals surface area contributed by atoms with Gasteiger partial charge in [-0.15, -0.1) is 0 Å². The molecule has 0 aromatic heterocycles. The zero-order valence-corrected chi connectivity index (χ0v) is 13.8. The minimum Gasteiger partial charge on any atom is -0.273 e. The summed E-state index contributed by atoms with van der Waals surface area (Å²) in [5, 5.41) is 4.13. The molecule has 0 heterocycles. The molecule has 1 N–H and O–H groups in total. The molecule has 0 rings (SSSR count). The molecule has 0 aromatic carbocycles. The molecular weight excluding hydrogens is 248 g/mol. The van der Waals surface area contributed by atoms with Gasteiger partial charge in [-0.25, -0.2) is 5.43 Å². The molecule has 3 heteroatoms. The summed E-state index contributed by atoms with van der Waals surface area (Å²) in [5.74, 6) is 0.0624. The summed E-state index contributed by atoms with van der Waals surface area (Å²) in [6, 6.07) is 0. The maximum Gasteiger partial charge on any atom is 0.240 e. The summed E-state index contributed by atoms with van der Waals surface area (Å²) in [4.78, 5) is 11.6. The second-order valence-electron chi connectivity index (χ2n) is 5.50. The van der Waals surface area contributed by atoms with Crippen molar-refractivity contribution in [2.24, 2.45) is 5.10 Å². The third-order valence-corrected chi connectivity index (χ3v) is 3.66. The van der Waals surface area contributed by atoms with Gasteiger partial charge in [-0.05, 0) is 19.3 Å². The van der Waals surface area contributed by atoms with Crippen molar-refractivity contribution in [1.82, 2.24) is 5.43 Å². The van der Waals surface area contributed by atoms with Crippen LogP contribution in [0.15, 0.2) is 5.10 Å². The Balaban J connectivity index is 3.37. The maximum atomic E-state index is 11.6. The van der Waals surface area contributed by atoms with Gasteiger partial charge in [0.25, 0.3) is 0 Å². The molecule has 0 saturated carbocycles. The average Bonchev–Trinajstić information content (AvgIpc) is 2.46. The number of carbonyl (C=O) groups excluding carboxylic acids is 1. The van der Waals surface area contributed by atoms with Crippen molar-refractivity contribution in [3.8, 4) is 0 Å². The lowest BCUT2D eigenvalue weighted by molar-refractivity contribution is -0.121. The van der Waals surface area contributed by atoms with Gasteiger partial charge in [-0.3, -0.25) is 4.79 Å². The number of unbranched alkanes of at least 4 members (excludes halogenated alkanes) is 8. The number of hydrazone groups is 1. The van der Waals surface area contributed by atoms with Crippen LogP contribution in [-0.2, 0) is 4.79 Å². The van der Waals surface area contributed by atoms with Crippen molar-refractivity contribution in [2.45, 2.75) is 97.8 Å². The molecule has 0 aromatic rings. The molecule has 0 radical (unpaired) electrons. The highest BCUT2D eigenvalue weighted by molar-refractivity contribution is 5.85. The van der Waals surface area contributed by atoms with E-state index in [9.17, 15) is 4.79 Å². The molecule has 0 spiro atoms. The number of carbonyl (C=O) groups is 1. The number of hydrogen-bond donors (Lipinski definition) is 1. The third-order valence-electron chi connectivity index (χ3n) is 3.66. The van der Waals surface area contributed by atoms with Gasteiger partial charge in [0, 0.05) is 12.1 Å². The molecular formula is C17H34N2O. The van der Waals surface area contributed by atoms with Gasteiger partial charge in [-0.2, -0.15) is 5.10 Å². The number of hydrogen-bond acceptors (Lipinski definition) is 2. The molecule has 0 fully saturated rings. The molecule has 118 valence electrons. The summed E-state index contributed by atoms with van der Waals surface area (Å²) in [5.41, 5.74) is 3.72. The van der Waals surface area contributed by atoms with E-state index >= 15 is 0 Å². The highest BCUT2D eigenvalue weighted by Gasteiger charge is 2.00. The lowest BCUT2D eigenvalue weighted by Gasteiger charge is -2.03. The monoisotopic (exact) mass is 282 g/mol. The molecule has 0 aliphatic heterocycles. The van der Waals surface area contributed by atoms with Crippen LogP contribution in [0.2, 0.25) is 0 Å². The molecule has 0 unspecified atom stereocenters. The first kappa shape index (κ1) is 19.1. The standard InChI is InChI=1S/C17H34N2O/c1-4-7-8-9-10-11-12-13-14-15-17(20)19-18-16(5-2)6-3/h4-15H2,1-3H3,(H,19,20). The van der Waals surface area contributed by atoms with E-state index in [1.54, 1.807) is 0 Å². The summed E-state index contributed by atoms with van der Waals surface area (Å²) in [6.07, 6.45) is 14.0. The predicted octanol–water partition coefficient (Wildman–Crippen LogP) is 5.20. The molecule has 1 amide bonds. The van der Waals surface area contributed by atoms with Crippen molar-refractivity contribution in [1.29, 1.82) is 0 Å². The fourth-order valence-electron chi connectivity index (χ4n) is 2.20. The van der Waals surface area contributed by atoms with Gasteiger partial charge in [0.2, 0.25) is 5.91 Å². The van der Waals surface area contributed by atoms with Gasteiger partial charge < -0.3 is 0 Å². The van der Waals surface area contributed by atoms with Crippen LogP contribution >= 0.6 is 0 Å². The van der Waals surface area contributed by atoms with E-state index in [1.807, 2.05) is 0 Å². The smallest absolute Gasteiger partial charge is 0.240 e. The van der Waals surface area contributed by atoms with Crippen LogP contribution in [0, 0.1) is 0 Å². The molecule has 0 bridgehead atoms. The van der Waals surface area contributed by atoms with E-state index in [1.165, 1.54) is 51.4 Å². The fourth-order valence-corrected chi connectivity index (χ4v) is 2.20. The first-order valence-corrected chi connectivity index (χ1v) is 8.58. The van der Waals surface area contributed by atoms with Crippen molar-refractivity contribution in [3.63, 3.8) is 0 Å². The van der Waals surface area contributed by atoms with Crippen LogP contribution in [0.25, 0.3) is 0 Å². The van der Waals surface area contributed by atoms with Crippen LogP contribution in [0.3, 0.4) is 0 Å². The maximum absolute atomic E-state index is 11.6. The number of nitrogens with zero attached hydrogens (tertiary/aromatic N) is 1. The molecule has 0 atom stereocenters. The summed E-state index contributed by atoms with van der Waals surface area (Å²) in [7, 11) is 0. The second kappa shape index (κ2) is 14.5. The fraction of sp³-hybridized carbons (Fsp3) is 0.882. The van der Waals surface area contributed by atoms with Crippen LogP contribution in [0.4, 0.5) is 0 Å². The lowest BCUT2D eigenvalue weighted by Crippen LogP contribution is -2.18. The Morgan fingerprint density at radius 1 is 0.800 bits per heavy atom. The lowest BCUT2D eigenvalue weighted by atomic mass is 10.1. The van der Waals surface area contributed by atoms with Gasteiger partial charge in [0.15, 0.2) is 0 Å². The van der Waals surface area contributed by atoms with Crippen LogP contribution < -0.4 is 5.43 Å². The first-order valence-electron chi connectivity index (χ1n) is 8.58. The minimum absolute atomic E-state index is 0.0624. The predicted molar refractivity (Wildman–Crippen MR) is 88.0 cm³/mol. The molecule has 0 aliphatic carbocycles. The Morgan fingerprint density at radius 3 is 1.80 bits per heavy atom. The van der Waals surface area contributed by atoms with E-state index in [0.717, 1.165) is 25.0 Å². The quantitative estimate of drug-likeness (QED) is 0.281. The topological polar surface area (TPSA) is 41.5 Å². The summed E-state index contributed by atoms with van der Waals surface area (Å²) < 4.78 is 0. The minimum atomic E-state index is 0.0624. The summed E-state index contributed by atoms with van der Waals surface area (Å²) in [6.45, 7) is 6.38. The van der Waals surface area contributed by atoms with E-state index in [2.05, 4.69) is 31.3 Å². The van der Waals surface area contributed by atoms with E-state index < -0.39 is 0 Å². The highest BCUT2D eigenvalue weighted by Crippen LogP contribution is 2.10. The van der Waals surface area contributed by atoms with Crippen LogP contribution in [0.1, 0.15) is 97.8 Å². The van der Waals surface area contributed by atoms with Gasteiger partial charge in [-0.1, -0.05) is 72.1 Å². The number of nitrogens with one attached hydrogen (secondary N) is 1. The Labute approximate surface area is 125 Å². The highest BCUT2D eigenvalue weighted by atomic mass is 16.2. The Hall–Kier alpha value is -0.860. The van der Waals surface area contributed by atoms with Crippen LogP contribution in [0.5, 0.6) is 0 Å². The van der Waals surface area contributed by atoms with Crippen LogP contribution in [-0.4, -0.2) is 11.6 Å².